The van der Waals surface area contributed by atoms with Crippen molar-refractivity contribution in [3.05, 3.63) is 77.8 Å². The molecule has 0 fully saturated rings. The Labute approximate surface area is 155 Å². The first kappa shape index (κ1) is 20.0. The van der Waals surface area contributed by atoms with Gasteiger partial charge in [-0.3, -0.25) is 0 Å². The first-order valence-corrected chi connectivity index (χ1v) is 8.75. The van der Waals surface area contributed by atoms with Crippen LogP contribution >= 0.6 is 0 Å². The van der Waals surface area contributed by atoms with Crippen molar-refractivity contribution in [1.82, 2.24) is 10.2 Å². The second kappa shape index (κ2) is 7.48. The van der Waals surface area contributed by atoms with Crippen LogP contribution < -0.4 is 5.32 Å². The lowest BCUT2D eigenvalue weighted by Crippen LogP contribution is -2.32. The fourth-order valence-corrected chi connectivity index (χ4v) is 2.80. The molecule has 1 aromatic carbocycles. The number of nitrogens with zero attached hydrogens (tertiary/aromatic N) is 1. The summed E-state index contributed by atoms with van der Waals surface area (Å²) in [7, 11) is 1.79. The third-order valence-electron chi connectivity index (χ3n) is 4.56. The minimum atomic E-state index is -2.98. The Kier molecular flexibility index (Phi) is 5.74. The van der Waals surface area contributed by atoms with E-state index in [1.807, 2.05) is 24.1 Å². The van der Waals surface area contributed by atoms with E-state index < -0.39 is 11.3 Å². The largest absolute Gasteiger partial charge is 0.392 e. The molecule has 0 saturated heterocycles. The van der Waals surface area contributed by atoms with Crippen LogP contribution in [0.15, 0.2) is 66.7 Å². The summed E-state index contributed by atoms with van der Waals surface area (Å²) >= 11 is 0. The monoisotopic (exact) mass is 358 g/mol. The van der Waals surface area contributed by atoms with Crippen molar-refractivity contribution in [2.45, 2.75) is 33.6 Å². The van der Waals surface area contributed by atoms with Gasteiger partial charge < -0.3 is 10.2 Å². The van der Waals surface area contributed by atoms with Gasteiger partial charge in [0, 0.05) is 42.5 Å². The normalized spacial score (nSPS) is 15.7. The second-order valence-corrected chi connectivity index (χ2v) is 7.58. The van der Waals surface area contributed by atoms with Gasteiger partial charge in [-0.05, 0) is 18.6 Å². The molecule has 1 aliphatic heterocycles. The molecule has 0 spiro atoms. The standard InChI is InChI=1S/C22H28F2N2/c1-16-11-13-26(14-12-16)20(15-25-6)17(2)18-9-7-8-10-19(18)22(23,24)21(3,4)5/h7-13,15,25H,2,14H2,1,3-6H3/b20-15-. The number of alkyl halides is 2. The van der Waals surface area contributed by atoms with E-state index in [2.05, 4.69) is 18.0 Å². The van der Waals surface area contributed by atoms with Crippen molar-refractivity contribution >= 4 is 5.57 Å². The minimum absolute atomic E-state index is 0.00668. The fourth-order valence-electron chi connectivity index (χ4n) is 2.80. The zero-order chi connectivity index (χ0) is 19.5. The molecule has 0 bridgehead atoms. The van der Waals surface area contributed by atoms with Gasteiger partial charge in [0.15, 0.2) is 0 Å². The van der Waals surface area contributed by atoms with E-state index >= 15 is 8.78 Å². The van der Waals surface area contributed by atoms with Crippen LogP contribution in [0.2, 0.25) is 0 Å². The Hall–Kier alpha value is -2.36. The van der Waals surface area contributed by atoms with E-state index in [0.717, 1.165) is 5.70 Å². The summed E-state index contributed by atoms with van der Waals surface area (Å²) in [5.41, 5.74) is 1.79. The van der Waals surface area contributed by atoms with Gasteiger partial charge in [0.2, 0.25) is 0 Å². The van der Waals surface area contributed by atoms with E-state index in [9.17, 15) is 0 Å². The van der Waals surface area contributed by atoms with Gasteiger partial charge in [-0.2, -0.15) is 0 Å². The van der Waals surface area contributed by atoms with Gasteiger partial charge in [-0.1, -0.05) is 63.3 Å². The summed E-state index contributed by atoms with van der Waals surface area (Å²) in [5, 5.41) is 3.01. The van der Waals surface area contributed by atoms with Gasteiger partial charge in [0.1, 0.15) is 0 Å². The maximum Gasteiger partial charge on any atom is 0.278 e. The minimum Gasteiger partial charge on any atom is -0.392 e. The van der Waals surface area contributed by atoms with Crippen LogP contribution in [0.5, 0.6) is 0 Å². The Morgan fingerprint density at radius 1 is 1.23 bits per heavy atom. The van der Waals surface area contributed by atoms with Crippen molar-refractivity contribution in [2.24, 2.45) is 5.41 Å². The number of allylic oxidation sites excluding steroid dienone is 3. The highest BCUT2D eigenvalue weighted by Crippen LogP contribution is 2.47. The molecule has 4 heteroatoms. The molecule has 2 nitrogen and oxygen atoms in total. The topological polar surface area (TPSA) is 15.3 Å². The highest BCUT2D eigenvalue weighted by atomic mass is 19.3. The fraction of sp³-hybridized carbons (Fsp3) is 0.364. The van der Waals surface area contributed by atoms with Gasteiger partial charge in [0.25, 0.3) is 5.92 Å². The first-order valence-electron chi connectivity index (χ1n) is 8.75. The Morgan fingerprint density at radius 2 is 1.88 bits per heavy atom. The highest BCUT2D eigenvalue weighted by Gasteiger charge is 2.46. The molecule has 0 amide bonds. The van der Waals surface area contributed by atoms with Crippen LogP contribution in [0.25, 0.3) is 5.57 Å². The molecular formula is C22H28F2N2. The van der Waals surface area contributed by atoms with Crippen molar-refractivity contribution < 1.29 is 8.78 Å². The van der Waals surface area contributed by atoms with E-state index in [1.165, 1.54) is 11.6 Å². The number of hydrogen-bond acceptors (Lipinski definition) is 2. The van der Waals surface area contributed by atoms with Crippen LogP contribution in [0.1, 0.15) is 38.8 Å². The molecule has 0 aromatic heterocycles. The maximum absolute atomic E-state index is 15.1. The zero-order valence-electron chi connectivity index (χ0n) is 16.2. The molecule has 0 atom stereocenters. The predicted molar refractivity (Wildman–Crippen MR) is 106 cm³/mol. The van der Waals surface area contributed by atoms with E-state index in [0.29, 0.717) is 17.7 Å². The second-order valence-electron chi connectivity index (χ2n) is 7.58. The molecule has 1 aliphatic rings. The van der Waals surface area contributed by atoms with E-state index in [4.69, 9.17) is 0 Å². The quantitative estimate of drug-likeness (QED) is 0.682. The van der Waals surface area contributed by atoms with Crippen LogP contribution in [-0.2, 0) is 5.92 Å². The lowest BCUT2D eigenvalue weighted by molar-refractivity contribution is -0.104. The van der Waals surface area contributed by atoms with Gasteiger partial charge >= 0.3 is 0 Å². The molecule has 26 heavy (non-hydrogen) atoms. The highest BCUT2D eigenvalue weighted by molar-refractivity contribution is 5.79. The van der Waals surface area contributed by atoms with Crippen LogP contribution in [0.4, 0.5) is 8.78 Å². The van der Waals surface area contributed by atoms with Gasteiger partial charge in [-0.15, -0.1) is 0 Å². The summed E-state index contributed by atoms with van der Waals surface area (Å²) in [6.07, 6.45) is 7.84. The SMILES string of the molecule is C=C(/C(=C/NC)N1C=CC(C)=CC1)c1ccccc1C(F)(F)C(C)(C)C. The van der Waals surface area contributed by atoms with Crippen molar-refractivity contribution in [1.29, 1.82) is 0 Å². The molecular weight excluding hydrogens is 330 g/mol. The van der Waals surface area contributed by atoms with Gasteiger partial charge in [-0.25, -0.2) is 8.78 Å². The third kappa shape index (κ3) is 3.90. The first-order chi connectivity index (χ1) is 12.1. The van der Waals surface area contributed by atoms with Gasteiger partial charge in [0.05, 0.1) is 5.70 Å². The molecule has 1 N–H and O–H groups in total. The summed E-state index contributed by atoms with van der Waals surface area (Å²) < 4.78 is 30.2. The summed E-state index contributed by atoms with van der Waals surface area (Å²) in [4.78, 5) is 2.00. The number of rotatable bonds is 5. The maximum atomic E-state index is 15.1. The smallest absolute Gasteiger partial charge is 0.278 e. The average Bonchev–Trinajstić information content (AvgIpc) is 2.59. The molecule has 1 aromatic rings. The van der Waals surface area contributed by atoms with Crippen LogP contribution in [-0.4, -0.2) is 18.5 Å². The van der Waals surface area contributed by atoms with Crippen molar-refractivity contribution in [3.63, 3.8) is 0 Å². The third-order valence-corrected chi connectivity index (χ3v) is 4.56. The molecule has 0 unspecified atom stereocenters. The van der Waals surface area contributed by atoms with E-state index in [-0.39, 0.29) is 5.56 Å². The number of benzene rings is 1. The molecule has 1 heterocycles. The molecule has 0 radical (unpaired) electrons. The number of nitrogens with one attached hydrogen (secondary N) is 1. The predicted octanol–water partition coefficient (Wildman–Crippen LogP) is 5.67. The lowest BCUT2D eigenvalue weighted by Gasteiger charge is -2.33. The number of hydrogen-bond donors (Lipinski definition) is 1. The molecule has 0 saturated carbocycles. The van der Waals surface area contributed by atoms with Crippen LogP contribution in [0, 0.1) is 5.41 Å². The Morgan fingerprint density at radius 3 is 2.42 bits per heavy atom. The zero-order valence-corrected chi connectivity index (χ0v) is 16.2. The number of halogens is 2. The van der Waals surface area contributed by atoms with Crippen molar-refractivity contribution in [3.8, 4) is 0 Å². The summed E-state index contributed by atoms with van der Waals surface area (Å²) in [6, 6.07) is 6.64. The lowest BCUT2D eigenvalue weighted by atomic mass is 9.80. The summed E-state index contributed by atoms with van der Waals surface area (Å²) in [5.74, 6) is -2.98. The Balaban J connectivity index is 2.49. The molecule has 140 valence electrons. The summed E-state index contributed by atoms with van der Waals surface area (Å²) in [6.45, 7) is 11.5. The Bertz CT molecular complexity index is 765. The average molecular weight is 358 g/mol. The molecule has 0 aliphatic carbocycles. The van der Waals surface area contributed by atoms with E-state index in [1.54, 1.807) is 52.2 Å². The van der Waals surface area contributed by atoms with Crippen molar-refractivity contribution in [2.75, 3.05) is 13.6 Å². The molecule has 2 rings (SSSR count). The van der Waals surface area contributed by atoms with Crippen LogP contribution in [0.3, 0.4) is 0 Å².